The van der Waals surface area contributed by atoms with E-state index in [-0.39, 0.29) is 41.8 Å². The summed E-state index contributed by atoms with van der Waals surface area (Å²) in [6, 6.07) is 12.3. The van der Waals surface area contributed by atoms with Gasteiger partial charge in [-0.2, -0.15) is 0 Å². The summed E-state index contributed by atoms with van der Waals surface area (Å²) in [4.78, 5) is 53.5. The first kappa shape index (κ1) is 38.1. The van der Waals surface area contributed by atoms with Crippen molar-refractivity contribution in [2.75, 3.05) is 52.2 Å². The maximum atomic E-state index is 13.2. The molecule has 0 aliphatic heterocycles. The Hall–Kier alpha value is -5.67. The average molecular weight is 740 g/mol. The third-order valence-corrected chi connectivity index (χ3v) is 8.02. The molecule has 0 spiro atoms. The molecule has 0 atom stereocenters. The number of hydrogen-bond donors (Lipinski definition) is 6. The number of nitrogens with zero attached hydrogens (tertiary/aromatic N) is 5. The Morgan fingerprint density at radius 2 is 1.25 bits per heavy atom. The largest absolute Gasteiger partial charge is 0.409 e. The van der Waals surface area contributed by atoms with Crippen molar-refractivity contribution in [3.63, 3.8) is 0 Å². The minimum absolute atomic E-state index is 0.0111. The molecule has 270 valence electrons. The quantitative estimate of drug-likeness (QED) is 0.0250. The second-order valence-electron chi connectivity index (χ2n) is 11.5. The third kappa shape index (κ3) is 10.4. The van der Waals surface area contributed by atoms with E-state index < -0.39 is 17.7 Å². The summed E-state index contributed by atoms with van der Waals surface area (Å²) < 4.78 is 4.69. The van der Waals surface area contributed by atoms with Gasteiger partial charge in [-0.05, 0) is 42.0 Å². The van der Waals surface area contributed by atoms with Gasteiger partial charge in [-0.3, -0.25) is 19.2 Å². The zero-order chi connectivity index (χ0) is 37.1. The lowest BCUT2D eigenvalue weighted by atomic mass is 10.2. The molecule has 0 fully saturated rings. The summed E-state index contributed by atoms with van der Waals surface area (Å²) in [5.74, 6) is -0.725. The van der Waals surface area contributed by atoms with Gasteiger partial charge in [0.25, 0.3) is 17.7 Å². The van der Waals surface area contributed by atoms with E-state index in [9.17, 15) is 19.2 Å². The number of aromatic nitrogens is 3. The molecule has 4 rings (SSSR count). The van der Waals surface area contributed by atoms with Crippen LogP contribution in [0.25, 0.3) is 6.08 Å². The van der Waals surface area contributed by atoms with Gasteiger partial charge in [-0.25, -0.2) is 0 Å². The predicted molar refractivity (Wildman–Crippen MR) is 200 cm³/mol. The van der Waals surface area contributed by atoms with Crippen LogP contribution in [-0.4, -0.2) is 79.8 Å². The highest BCUT2D eigenvalue weighted by Crippen LogP contribution is 2.20. The summed E-state index contributed by atoms with van der Waals surface area (Å²) in [5, 5.41) is 22.5. The molecule has 0 bridgehead atoms. The Balaban J connectivity index is 1.33. The third-order valence-electron chi connectivity index (χ3n) is 7.69. The van der Waals surface area contributed by atoms with Crippen LogP contribution >= 0.6 is 23.2 Å². The summed E-state index contributed by atoms with van der Waals surface area (Å²) in [6.45, 7) is 1.52. The van der Waals surface area contributed by atoms with Gasteiger partial charge < -0.3 is 50.8 Å². The van der Waals surface area contributed by atoms with Gasteiger partial charge in [0, 0.05) is 89.3 Å². The zero-order valence-corrected chi connectivity index (χ0v) is 29.8. The van der Waals surface area contributed by atoms with E-state index in [1.54, 1.807) is 65.6 Å². The van der Waals surface area contributed by atoms with E-state index in [0.29, 0.717) is 41.9 Å². The maximum Gasteiger partial charge on any atom is 0.272 e. The highest BCUT2D eigenvalue weighted by Gasteiger charge is 2.19. The second-order valence-corrected chi connectivity index (χ2v) is 12.2. The number of nitrogens with two attached hydrogens (primary N) is 1. The first-order valence-corrected chi connectivity index (χ1v) is 16.8. The van der Waals surface area contributed by atoms with Gasteiger partial charge in [0.15, 0.2) is 0 Å². The van der Waals surface area contributed by atoms with Crippen LogP contribution in [0.15, 0.2) is 72.3 Å². The van der Waals surface area contributed by atoms with E-state index in [1.807, 2.05) is 24.3 Å². The van der Waals surface area contributed by atoms with Crippen molar-refractivity contribution in [3.05, 3.63) is 89.8 Å². The van der Waals surface area contributed by atoms with E-state index in [4.69, 9.17) is 34.1 Å². The number of carbonyl (C=O) groups excluding carboxylic acids is 4. The number of nitrogens with one attached hydrogen (secondary N) is 4. The number of aryl methyl sites for hydroxylation is 3. The molecule has 0 saturated carbocycles. The lowest BCUT2D eigenvalue weighted by Gasteiger charge is -2.22. The first-order valence-electron chi connectivity index (χ1n) is 15.7. The van der Waals surface area contributed by atoms with E-state index >= 15 is 0 Å². The Morgan fingerprint density at radius 3 is 1.73 bits per heavy atom. The number of oxime groups is 1. The number of rotatable bonds is 16. The van der Waals surface area contributed by atoms with Gasteiger partial charge in [-0.1, -0.05) is 17.3 Å². The lowest BCUT2D eigenvalue weighted by Crippen LogP contribution is -2.29. The van der Waals surface area contributed by atoms with Crippen LogP contribution in [-0.2, 0) is 25.9 Å². The molecule has 0 saturated heterocycles. The van der Waals surface area contributed by atoms with Gasteiger partial charge in [0.2, 0.25) is 5.91 Å². The Morgan fingerprint density at radius 1 is 0.784 bits per heavy atom. The Labute approximate surface area is 304 Å². The molecule has 0 unspecified atom stereocenters. The Bertz CT molecular complexity index is 1920. The van der Waals surface area contributed by atoms with E-state index in [1.165, 1.54) is 18.2 Å². The summed E-state index contributed by atoms with van der Waals surface area (Å²) in [5.41, 5.74) is 9.26. The smallest absolute Gasteiger partial charge is 0.272 e. The normalized spacial score (nSPS) is 11.4. The number of alkyl halides is 2. The van der Waals surface area contributed by atoms with Crippen LogP contribution in [0.4, 0.5) is 22.7 Å². The highest BCUT2D eigenvalue weighted by molar-refractivity contribution is 6.18. The molecule has 4 amide bonds. The average Bonchev–Trinajstić information content (AvgIpc) is 3.78. The molecule has 4 aromatic rings. The monoisotopic (exact) mass is 738 g/mol. The van der Waals surface area contributed by atoms with Gasteiger partial charge in [-0.15, -0.1) is 23.2 Å². The molecule has 0 aliphatic carbocycles. The minimum atomic E-state index is -0.463. The molecule has 3 aromatic heterocycles. The number of benzene rings is 1. The summed E-state index contributed by atoms with van der Waals surface area (Å²) in [7, 11) is 4.99. The Kier molecular flexibility index (Phi) is 13.3. The molecule has 51 heavy (non-hydrogen) atoms. The van der Waals surface area contributed by atoms with Crippen LogP contribution in [0.1, 0.15) is 43.4 Å². The van der Waals surface area contributed by atoms with Crippen molar-refractivity contribution in [3.8, 4) is 0 Å². The molecular weight excluding hydrogens is 699 g/mol. The van der Waals surface area contributed by atoms with E-state index in [2.05, 4.69) is 31.3 Å². The standard InChI is InChI=1S/C34H40Cl2N10O5/c1-43-20-24(17-27(43)32(48)38-13-10-30(37)42-51)40-34(50)29-18-25(21-45(29)3)41-33(49)28-16-23(19-44(28)2)39-31(47)9-6-22-4-7-26(8-5-22)46(14-11-35)15-12-36/h4-9,16-21,51H,10-15H2,1-3H3,(H2,37,42)(H,38,48)(H,39,47)(H,40,50)(H,41,49)/b9-6+. The first-order chi connectivity index (χ1) is 24.4. The van der Waals surface area contributed by atoms with Crippen molar-refractivity contribution in [2.24, 2.45) is 32.0 Å². The van der Waals surface area contributed by atoms with Gasteiger partial charge >= 0.3 is 0 Å². The van der Waals surface area contributed by atoms with Crippen molar-refractivity contribution in [1.82, 2.24) is 19.0 Å². The lowest BCUT2D eigenvalue weighted by molar-refractivity contribution is -0.111. The fraction of sp³-hybridized carbons (Fsp3) is 0.265. The maximum absolute atomic E-state index is 13.2. The van der Waals surface area contributed by atoms with Crippen LogP contribution < -0.4 is 31.9 Å². The van der Waals surface area contributed by atoms with Crippen LogP contribution in [0, 0.1) is 0 Å². The molecule has 3 heterocycles. The summed E-state index contributed by atoms with van der Waals surface area (Å²) in [6.07, 6.45) is 8.07. The van der Waals surface area contributed by atoms with Gasteiger partial charge in [0.1, 0.15) is 22.9 Å². The van der Waals surface area contributed by atoms with Gasteiger partial charge in [0.05, 0.1) is 17.1 Å². The molecular formula is C34H40Cl2N10O5. The van der Waals surface area contributed by atoms with Crippen molar-refractivity contribution < 1.29 is 24.4 Å². The molecule has 17 heteroatoms. The number of carbonyl (C=O) groups is 4. The van der Waals surface area contributed by atoms with Crippen LogP contribution in [0.2, 0.25) is 0 Å². The topological polar surface area (TPSA) is 193 Å². The fourth-order valence-corrected chi connectivity index (χ4v) is 5.55. The van der Waals surface area contributed by atoms with Crippen molar-refractivity contribution in [2.45, 2.75) is 6.42 Å². The minimum Gasteiger partial charge on any atom is -0.409 e. The fourth-order valence-electron chi connectivity index (χ4n) is 5.14. The van der Waals surface area contributed by atoms with Crippen LogP contribution in [0.5, 0.6) is 0 Å². The van der Waals surface area contributed by atoms with E-state index in [0.717, 1.165) is 11.3 Å². The second kappa shape index (κ2) is 17.8. The van der Waals surface area contributed by atoms with Crippen LogP contribution in [0.3, 0.4) is 0 Å². The summed E-state index contributed by atoms with van der Waals surface area (Å²) >= 11 is 11.8. The number of amides is 4. The number of anilines is 4. The SMILES string of the molecule is Cn1cc(NC(=O)c2cc(NC(=O)c3cc(NC(=O)/C=C/c4ccc(N(CCCl)CCCl)cc4)cn3C)cn2C)cc1C(=O)NCCC(N)=NO. The molecule has 0 aliphatic rings. The predicted octanol–water partition coefficient (Wildman–Crippen LogP) is 4.01. The number of amidine groups is 1. The number of hydrogen-bond acceptors (Lipinski definition) is 7. The zero-order valence-electron chi connectivity index (χ0n) is 28.3. The molecule has 1 aromatic carbocycles. The number of halogens is 2. The highest BCUT2D eigenvalue weighted by atomic mass is 35.5. The van der Waals surface area contributed by atoms with Crippen molar-refractivity contribution in [1.29, 1.82) is 0 Å². The molecule has 0 radical (unpaired) electrons. The molecule has 7 N–H and O–H groups in total. The van der Waals surface area contributed by atoms with Crippen molar-refractivity contribution >= 4 is 81.5 Å². The molecule has 15 nitrogen and oxygen atoms in total.